The predicted octanol–water partition coefficient (Wildman–Crippen LogP) is 3.54. The lowest BCUT2D eigenvalue weighted by Crippen LogP contribution is -2.40. The molecule has 0 aromatic heterocycles. The van der Waals surface area contributed by atoms with Crippen LogP contribution in [0.15, 0.2) is 24.3 Å². The quantitative estimate of drug-likeness (QED) is 0.597. The molecule has 140 valence electrons. The molecular weight excluding hydrogens is 318 g/mol. The van der Waals surface area contributed by atoms with Crippen molar-refractivity contribution in [2.45, 2.75) is 52.5 Å². The van der Waals surface area contributed by atoms with E-state index in [4.69, 9.17) is 4.74 Å². The van der Waals surface area contributed by atoms with Gasteiger partial charge < -0.3 is 20.7 Å². The van der Waals surface area contributed by atoms with Crippen molar-refractivity contribution < 1.29 is 14.3 Å². The highest BCUT2D eigenvalue weighted by atomic mass is 16.5. The van der Waals surface area contributed by atoms with E-state index >= 15 is 0 Å². The van der Waals surface area contributed by atoms with Crippen molar-refractivity contribution in [1.29, 1.82) is 0 Å². The molecule has 3 amide bonds. The fourth-order valence-corrected chi connectivity index (χ4v) is 2.05. The fourth-order valence-electron chi connectivity index (χ4n) is 2.05. The van der Waals surface area contributed by atoms with E-state index in [-0.39, 0.29) is 17.5 Å². The predicted molar refractivity (Wildman–Crippen MR) is 101 cm³/mol. The number of benzene rings is 1. The maximum absolute atomic E-state index is 12.2. The summed E-state index contributed by atoms with van der Waals surface area (Å²) in [5.74, 6) is -0.166. The molecule has 1 aromatic rings. The lowest BCUT2D eigenvalue weighted by atomic mass is 10.1. The largest absolute Gasteiger partial charge is 0.381 e. The first kappa shape index (κ1) is 21.0. The van der Waals surface area contributed by atoms with Crippen molar-refractivity contribution in [1.82, 2.24) is 10.6 Å². The second kappa shape index (κ2) is 10.7. The van der Waals surface area contributed by atoms with Crippen molar-refractivity contribution in [3.63, 3.8) is 0 Å². The van der Waals surface area contributed by atoms with Crippen LogP contribution in [-0.4, -0.2) is 37.2 Å². The molecule has 0 atom stereocenters. The lowest BCUT2D eigenvalue weighted by Gasteiger charge is -2.20. The van der Waals surface area contributed by atoms with Gasteiger partial charge in [-0.3, -0.25) is 4.79 Å². The maximum atomic E-state index is 12.2. The van der Waals surface area contributed by atoms with Crippen molar-refractivity contribution in [2.75, 3.05) is 25.1 Å². The number of anilines is 1. The molecule has 3 N–H and O–H groups in total. The van der Waals surface area contributed by atoms with Crippen LogP contribution in [0.5, 0.6) is 0 Å². The van der Waals surface area contributed by atoms with Crippen LogP contribution >= 0.6 is 0 Å². The van der Waals surface area contributed by atoms with E-state index in [0.717, 1.165) is 25.9 Å². The summed E-state index contributed by atoms with van der Waals surface area (Å²) in [4.78, 5) is 24.1. The van der Waals surface area contributed by atoms with Gasteiger partial charge in [0.25, 0.3) is 5.91 Å². The Morgan fingerprint density at radius 2 is 1.84 bits per heavy atom. The maximum Gasteiger partial charge on any atom is 0.319 e. The van der Waals surface area contributed by atoms with Crippen LogP contribution in [0.2, 0.25) is 0 Å². The number of hydrogen-bond acceptors (Lipinski definition) is 3. The number of unbranched alkanes of at least 4 members (excludes halogenated alkanes) is 1. The SMILES string of the molecule is CCCCOCCCNC(=O)Nc1cccc(C(=O)NC(C)(C)C)c1. The minimum Gasteiger partial charge on any atom is -0.381 e. The van der Waals surface area contributed by atoms with Crippen LogP contribution in [0.3, 0.4) is 0 Å². The number of carbonyl (C=O) groups excluding carboxylic acids is 2. The molecule has 0 heterocycles. The van der Waals surface area contributed by atoms with Crippen molar-refractivity contribution in [3.8, 4) is 0 Å². The molecule has 0 aliphatic rings. The lowest BCUT2D eigenvalue weighted by molar-refractivity contribution is 0.0919. The van der Waals surface area contributed by atoms with E-state index in [1.54, 1.807) is 24.3 Å². The van der Waals surface area contributed by atoms with Gasteiger partial charge in [0, 0.05) is 36.5 Å². The number of hydrogen-bond donors (Lipinski definition) is 3. The van der Waals surface area contributed by atoms with E-state index in [1.165, 1.54) is 0 Å². The van der Waals surface area contributed by atoms with E-state index in [9.17, 15) is 9.59 Å². The smallest absolute Gasteiger partial charge is 0.319 e. The number of amides is 3. The van der Waals surface area contributed by atoms with Gasteiger partial charge in [0.05, 0.1) is 0 Å². The topological polar surface area (TPSA) is 79.5 Å². The molecule has 0 radical (unpaired) electrons. The van der Waals surface area contributed by atoms with Gasteiger partial charge in [0.1, 0.15) is 0 Å². The van der Waals surface area contributed by atoms with Gasteiger partial charge in [-0.2, -0.15) is 0 Å². The van der Waals surface area contributed by atoms with Crippen LogP contribution < -0.4 is 16.0 Å². The van der Waals surface area contributed by atoms with E-state index in [2.05, 4.69) is 22.9 Å². The number of nitrogens with one attached hydrogen (secondary N) is 3. The molecular formula is C19H31N3O3. The van der Waals surface area contributed by atoms with Crippen LogP contribution in [0, 0.1) is 0 Å². The minimum atomic E-state index is -0.308. The molecule has 0 saturated heterocycles. The first-order chi connectivity index (χ1) is 11.8. The molecule has 0 unspecified atom stereocenters. The van der Waals surface area contributed by atoms with Crippen LogP contribution in [0.4, 0.5) is 10.5 Å². The van der Waals surface area contributed by atoms with Gasteiger partial charge in [0.2, 0.25) is 0 Å². The highest BCUT2D eigenvalue weighted by Crippen LogP contribution is 2.12. The molecule has 1 aromatic carbocycles. The van der Waals surface area contributed by atoms with Crippen LogP contribution in [0.1, 0.15) is 57.3 Å². The normalized spacial score (nSPS) is 11.0. The Kier molecular flexibility index (Phi) is 8.99. The standard InChI is InChI=1S/C19H31N3O3/c1-5-6-12-25-13-8-11-20-18(24)21-16-10-7-9-15(14-16)17(23)22-19(2,3)4/h7,9-10,14H,5-6,8,11-13H2,1-4H3,(H,22,23)(H2,20,21,24). The molecule has 0 saturated carbocycles. The zero-order valence-electron chi connectivity index (χ0n) is 15.8. The first-order valence-corrected chi connectivity index (χ1v) is 8.87. The monoisotopic (exact) mass is 349 g/mol. The van der Waals surface area contributed by atoms with Crippen LogP contribution in [0.25, 0.3) is 0 Å². The Balaban J connectivity index is 2.37. The number of carbonyl (C=O) groups is 2. The summed E-state index contributed by atoms with van der Waals surface area (Å²) in [5, 5.41) is 8.42. The van der Waals surface area contributed by atoms with Gasteiger partial charge in [-0.05, 0) is 51.8 Å². The number of rotatable bonds is 9. The van der Waals surface area contributed by atoms with Gasteiger partial charge in [-0.15, -0.1) is 0 Å². The summed E-state index contributed by atoms with van der Waals surface area (Å²) in [7, 11) is 0. The van der Waals surface area contributed by atoms with Crippen LogP contribution in [-0.2, 0) is 4.74 Å². The number of ether oxygens (including phenoxy) is 1. The fraction of sp³-hybridized carbons (Fsp3) is 0.579. The summed E-state index contributed by atoms with van der Waals surface area (Å²) in [6, 6.07) is 6.59. The molecule has 0 aliphatic carbocycles. The summed E-state index contributed by atoms with van der Waals surface area (Å²) in [6.07, 6.45) is 2.95. The van der Waals surface area contributed by atoms with Gasteiger partial charge in [0.15, 0.2) is 0 Å². The van der Waals surface area contributed by atoms with Gasteiger partial charge in [-0.1, -0.05) is 19.4 Å². The summed E-state index contributed by atoms with van der Waals surface area (Å²) in [5.41, 5.74) is 0.784. The van der Waals surface area contributed by atoms with E-state index in [1.807, 2.05) is 20.8 Å². The Morgan fingerprint density at radius 3 is 2.52 bits per heavy atom. The Bertz CT molecular complexity index is 553. The highest BCUT2D eigenvalue weighted by molar-refractivity contribution is 5.97. The second-order valence-electron chi connectivity index (χ2n) is 6.99. The summed E-state index contributed by atoms with van der Waals surface area (Å²) in [6.45, 7) is 9.85. The van der Waals surface area contributed by atoms with Crippen molar-refractivity contribution >= 4 is 17.6 Å². The molecule has 6 heteroatoms. The highest BCUT2D eigenvalue weighted by Gasteiger charge is 2.15. The summed E-state index contributed by atoms with van der Waals surface area (Å²) >= 11 is 0. The Hall–Kier alpha value is -2.08. The average Bonchev–Trinajstić information content (AvgIpc) is 2.52. The second-order valence-corrected chi connectivity index (χ2v) is 6.99. The van der Waals surface area contributed by atoms with E-state index in [0.29, 0.717) is 24.4 Å². The molecule has 0 spiro atoms. The first-order valence-electron chi connectivity index (χ1n) is 8.87. The van der Waals surface area contributed by atoms with Gasteiger partial charge in [-0.25, -0.2) is 4.79 Å². The van der Waals surface area contributed by atoms with Crippen molar-refractivity contribution in [3.05, 3.63) is 29.8 Å². The minimum absolute atomic E-state index is 0.166. The third kappa shape index (κ3) is 9.72. The summed E-state index contributed by atoms with van der Waals surface area (Å²) < 4.78 is 5.44. The molecule has 0 aliphatic heterocycles. The van der Waals surface area contributed by atoms with E-state index < -0.39 is 0 Å². The third-order valence-corrected chi connectivity index (χ3v) is 3.26. The number of urea groups is 1. The molecule has 25 heavy (non-hydrogen) atoms. The Labute approximate surface area is 150 Å². The molecule has 1 rings (SSSR count). The molecule has 6 nitrogen and oxygen atoms in total. The molecule has 0 fully saturated rings. The van der Waals surface area contributed by atoms with Crippen molar-refractivity contribution in [2.24, 2.45) is 0 Å². The zero-order valence-corrected chi connectivity index (χ0v) is 15.8. The molecule has 0 bridgehead atoms. The van der Waals surface area contributed by atoms with Gasteiger partial charge >= 0.3 is 6.03 Å². The Morgan fingerprint density at radius 1 is 1.12 bits per heavy atom. The third-order valence-electron chi connectivity index (χ3n) is 3.26. The zero-order chi connectivity index (χ0) is 18.7. The average molecular weight is 349 g/mol.